The van der Waals surface area contributed by atoms with Gasteiger partial charge in [0.1, 0.15) is 0 Å². The summed E-state index contributed by atoms with van der Waals surface area (Å²) in [6, 6.07) is 19.8. The number of ether oxygens (including phenoxy) is 1. The fourth-order valence-electron chi connectivity index (χ4n) is 3.19. The second-order valence-electron chi connectivity index (χ2n) is 5.96. The average molecular weight is 294 g/mol. The highest BCUT2D eigenvalue weighted by Crippen LogP contribution is 2.30. The lowest BCUT2D eigenvalue weighted by Crippen LogP contribution is -2.33. The zero-order valence-corrected chi connectivity index (χ0v) is 12.8. The summed E-state index contributed by atoms with van der Waals surface area (Å²) < 4.78 is 6.10. The molecule has 2 heteroatoms. The normalized spacial score (nSPS) is 21.5. The first-order chi connectivity index (χ1) is 10.8. The van der Waals surface area contributed by atoms with Crippen LogP contribution in [0.2, 0.25) is 0 Å². The molecule has 0 aromatic heterocycles. The molecule has 1 aliphatic rings. The molecule has 0 amide bonds. The zero-order chi connectivity index (χ0) is 15.2. The average Bonchev–Trinajstić information content (AvgIpc) is 2.61. The van der Waals surface area contributed by atoms with E-state index in [0.717, 1.165) is 31.2 Å². The molecule has 0 spiro atoms. The van der Waals surface area contributed by atoms with Gasteiger partial charge in [0.05, 0.1) is 12.7 Å². The first-order valence-electron chi connectivity index (χ1n) is 8.09. The molecule has 114 valence electrons. The molecule has 1 fully saturated rings. The van der Waals surface area contributed by atoms with Crippen molar-refractivity contribution in [3.05, 3.63) is 71.8 Å². The third-order valence-corrected chi connectivity index (χ3v) is 4.40. The standard InChI is InChI=1S/C20H22O2/c21-20(17-11-5-2-6-12-17)18-13-7-8-14-19(18)22-15-16-9-3-1-4-10-16/h1-6,9-12,18-19H,7-8,13-15H2/t18-,19-/m1/s1. The van der Waals surface area contributed by atoms with Crippen LogP contribution in [0.5, 0.6) is 0 Å². The highest BCUT2D eigenvalue weighted by Gasteiger charge is 2.32. The van der Waals surface area contributed by atoms with Crippen LogP contribution in [0, 0.1) is 5.92 Å². The van der Waals surface area contributed by atoms with Crippen molar-refractivity contribution in [1.29, 1.82) is 0 Å². The third kappa shape index (κ3) is 3.63. The predicted octanol–water partition coefficient (Wildman–Crippen LogP) is 4.64. The smallest absolute Gasteiger partial charge is 0.168 e. The number of Topliss-reactive ketones (excluding diaryl/α,β-unsaturated/α-hetero) is 1. The molecule has 2 aromatic rings. The van der Waals surface area contributed by atoms with Crippen LogP contribution in [0.4, 0.5) is 0 Å². The van der Waals surface area contributed by atoms with Gasteiger partial charge < -0.3 is 4.74 Å². The van der Waals surface area contributed by atoms with Gasteiger partial charge in [-0.3, -0.25) is 4.79 Å². The maximum atomic E-state index is 12.7. The maximum absolute atomic E-state index is 12.7. The van der Waals surface area contributed by atoms with Gasteiger partial charge in [0.25, 0.3) is 0 Å². The highest BCUT2D eigenvalue weighted by molar-refractivity contribution is 5.98. The summed E-state index contributed by atoms with van der Waals surface area (Å²) in [6.07, 6.45) is 4.23. The number of carbonyl (C=O) groups excluding carboxylic acids is 1. The highest BCUT2D eigenvalue weighted by atomic mass is 16.5. The molecule has 0 heterocycles. The molecular weight excluding hydrogens is 272 g/mol. The van der Waals surface area contributed by atoms with Gasteiger partial charge in [0.15, 0.2) is 5.78 Å². The Balaban J connectivity index is 1.67. The quantitative estimate of drug-likeness (QED) is 0.751. The van der Waals surface area contributed by atoms with Gasteiger partial charge in [0, 0.05) is 11.5 Å². The van der Waals surface area contributed by atoms with Gasteiger partial charge >= 0.3 is 0 Å². The minimum Gasteiger partial charge on any atom is -0.373 e. The molecule has 0 saturated heterocycles. The monoisotopic (exact) mass is 294 g/mol. The molecule has 22 heavy (non-hydrogen) atoms. The first-order valence-corrected chi connectivity index (χ1v) is 8.09. The molecule has 1 aliphatic carbocycles. The van der Waals surface area contributed by atoms with Gasteiger partial charge in [0.2, 0.25) is 0 Å². The minimum atomic E-state index is -0.000128. The summed E-state index contributed by atoms with van der Waals surface area (Å²) >= 11 is 0. The van der Waals surface area contributed by atoms with E-state index in [1.165, 1.54) is 5.56 Å². The van der Waals surface area contributed by atoms with Crippen LogP contribution in [0.3, 0.4) is 0 Å². The van der Waals surface area contributed by atoms with Crippen LogP contribution in [0.15, 0.2) is 60.7 Å². The third-order valence-electron chi connectivity index (χ3n) is 4.40. The molecule has 1 saturated carbocycles. The number of ketones is 1. The number of rotatable bonds is 5. The van der Waals surface area contributed by atoms with E-state index in [-0.39, 0.29) is 17.8 Å². The first kappa shape index (κ1) is 15.0. The Morgan fingerprint density at radius 1 is 0.909 bits per heavy atom. The molecule has 2 atom stereocenters. The maximum Gasteiger partial charge on any atom is 0.168 e. The van der Waals surface area contributed by atoms with Gasteiger partial charge in [-0.15, -0.1) is 0 Å². The fraction of sp³-hybridized carbons (Fsp3) is 0.350. The molecule has 3 rings (SSSR count). The van der Waals surface area contributed by atoms with Crippen LogP contribution in [0.25, 0.3) is 0 Å². The van der Waals surface area contributed by atoms with E-state index >= 15 is 0 Å². The van der Waals surface area contributed by atoms with Crippen molar-refractivity contribution in [2.45, 2.75) is 38.4 Å². The molecule has 0 unspecified atom stereocenters. The van der Waals surface area contributed by atoms with E-state index in [2.05, 4.69) is 12.1 Å². The Labute approximate surface area is 132 Å². The van der Waals surface area contributed by atoms with Crippen molar-refractivity contribution in [2.75, 3.05) is 0 Å². The van der Waals surface area contributed by atoms with Crippen molar-refractivity contribution < 1.29 is 9.53 Å². The summed E-state index contributed by atoms with van der Waals surface area (Å²) in [6.45, 7) is 0.587. The van der Waals surface area contributed by atoms with Crippen LogP contribution in [-0.4, -0.2) is 11.9 Å². The lowest BCUT2D eigenvalue weighted by Gasteiger charge is -2.30. The lowest BCUT2D eigenvalue weighted by molar-refractivity contribution is -0.0143. The molecule has 0 aliphatic heterocycles. The number of carbonyl (C=O) groups is 1. The Kier molecular flexibility index (Phi) is 5.02. The van der Waals surface area contributed by atoms with E-state index in [9.17, 15) is 4.79 Å². The summed E-state index contributed by atoms with van der Waals surface area (Å²) in [7, 11) is 0. The van der Waals surface area contributed by atoms with E-state index < -0.39 is 0 Å². The van der Waals surface area contributed by atoms with Gasteiger partial charge in [-0.25, -0.2) is 0 Å². The van der Waals surface area contributed by atoms with Crippen molar-refractivity contribution in [3.63, 3.8) is 0 Å². The zero-order valence-electron chi connectivity index (χ0n) is 12.8. The van der Waals surface area contributed by atoms with Crippen molar-refractivity contribution >= 4 is 5.78 Å². The van der Waals surface area contributed by atoms with Gasteiger partial charge in [-0.05, 0) is 18.4 Å². The van der Waals surface area contributed by atoms with Crippen molar-refractivity contribution in [2.24, 2.45) is 5.92 Å². The summed E-state index contributed by atoms with van der Waals surface area (Å²) in [4.78, 5) is 12.7. The molecule has 2 aromatic carbocycles. The number of hydrogen-bond acceptors (Lipinski definition) is 2. The van der Waals surface area contributed by atoms with Crippen molar-refractivity contribution in [1.82, 2.24) is 0 Å². The lowest BCUT2D eigenvalue weighted by atomic mass is 9.81. The number of hydrogen-bond donors (Lipinski definition) is 0. The van der Waals surface area contributed by atoms with Crippen LogP contribution >= 0.6 is 0 Å². The Bertz CT molecular complexity index is 592. The topological polar surface area (TPSA) is 26.3 Å². The van der Waals surface area contributed by atoms with Crippen molar-refractivity contribution in [3.8, 4) is 0 Å². The molecular formula is C20H22O2. The SMILES string of the molecule is O=C(c1ccccc1)[C@@H]1CCCC[C@H]1OCc1ccccc1. The second-order valence-corrected chi connectivity index (χ2v) is 5.96. The summed E-state index contributed by atoms with van der Waals surface area (Å²) in [5.41, 5.74) is 1.97. The minimum absolute atomic E-state index is 0.000128. The van der Waals surface area contributed by atoms with E-state index in [0.29, 0.717) is 6.61 Å². The Morgan fingerprint density at radius 3 is 2.27 bits per heavy atom. The second kappa shape index (κ2) is 7.37. The number of benzene rings is 2. The Hall–Kier alpha value is -1.93. The van der Waals surface area contributed by atoms with Gasteiger partial charge in [-0.1, -0.05) is 73.5 Å². The fourth-order valence-corrected chi connectivity index (χ4v) is 3.19. The predicted molar refractivity (Wildman–Crippen MR) is 87.7 cm³/mol. The van der Waals surface area contributed by atoms with Gasteiger partial charge in [-0.2, -0.15) is 0 Å². The largest absolute Gasteiger partial charge is 0.373 e. The summed E-state index contributed by atoms with van der Waals surface area (Å²) in [5, 5.41) is 0. The van der Waals surface area contributed by atoms with E-state index in [4.69, 9.17) is 4.74 Å². The van der Waals surface area contributed by atoms with Crippen LogP contribution in [0.1, 0.15) is 41.6 Å². The summed E-state index contributed by atoms with van der Waals surface area (Å²) in [5.74, 6) is 0.234. The van der Waals surface area contributed by atoms with E-state index in [1.807, 2.05) is 48.5 Å². The molecule has 0 radical (unpaired) electrons. The molecule has 2 nitrogen and oxygen atoms in total. The van der Waals surface area contributed by atoms with Crippen LogP contribution < -0.4 is 0 Å². The molecule has 0 bridgehead atoms. The van der Waals surface area contributed by atoms with E-state index in [1.54, 1.807) is 0 Å². The molecule has 0 N–H and O–H groups in total. The van der Waals surface area contributed by atoms with Crippen LogP contribution in [-0.2, 0) is 11.3 Å². The Morgan fingerprint density at radius 2 is 1.55 bits per heavy atom.